The van der Waals surface area contributed by atoms with Crippen molar-refractivity contribution in [3.8, 4) is 0 Å². The summed E-state index contributed by atoms with van der Waals surface area (Å²) in [7, 11) is 0. The molecule has 1 aliphatic rings. The molecule has 0 aromatic heterocycles. The second-order valence-corrected chi connectivity index (χ2v) is 5.84. The normalized spacial score (nSPS) is 19.8. The van der Waals surface area contributed by atoms with Crippen LogP contribution in [-0.2, 0) is 4.79 Å². The molecule has 5 heteroatoms. The van der Waals surface area contributed by atoms with Gasteiger partial charge in [-0.05, 0) is 47.2 Å². The third-order valence-electron chi connectivity index (χ3n) is 2.33. The number of hydrogen-bond donors (Lipinski definition) is 1. The molecule has 84 valence electrons. The first-order valence-corrected chi connectivity index (χ1v) is 6.96. The van der Waals surface area contributed by atoms with E-state index in [2.05, 4.69) is 27.9 Å². The molecular formula is C11H10INO2S. The van der Waals surface area contributed by atoms with Crippen LogP contribution in [0.2, 0.25) is 0 Å². The van der Waals surface area contributed by atoms with Crippen LogP contribution in [0.25, 0.3) is 0 Å². The van der Waals surface area contributed by atoms with Gasteiger partial charge < -0.3 is 5.32 Å². The van der Waals surface area contributed by atoms with Crippen molar-refractivity contribution < 1.29 is 9.59 Å². The van der Waals surface area contributed by atoms with Gasteiger partial charge in [0, 0.05) is 14.9 Å². The maximum Gasteiger partial charge on any atom is 0.251 e. The highest BCUT2D eigenvalue weighted by Crippen LogP contribution is 2.19. The van der Waals surface area contributed by atoms with Crippen molar-refractivity contribution in [3.63, 3.8) is 0 Å². The van der Waals surface area contributed by atoms with Crippen LogP contribution in [-0.4, -0.2) is 22.8 Å². The van der Waals surface area contributed by atoms with E-state index in [1.165, 1.54) is 11.8 Å². The molecule has 3 nitrogen and oxygen atoms in total. The summed E-state index contributed by atoms with van der Waals surface area (Å²) in [6, 6.07) is 7.01. The molecule has 0 spiro atoms. The van der Waals surface area contributed by atoms with Crippen molar-refractivity contribution in [2.75, 3.05) is 5.75 Å². The summed E-state index contributed by atoms with van der Waals surface area (Å²) >= 11 is 3.45. The Morgan fingerprint density at radius 1 is 1.50 bits per heavy atom. The Morgan fingerprint density at radius 3 is 2.94 bits per heavy atom. The van der Waals surface area contributed by atoms with Crippen LogP contribution >= 0.6 is 34.4 Å². The molecule has 1 fully saturated rings. The van der Waals surface area contributed by atoms with Gasteiger partial charge in [0.2, 0.25) is 5.12 Å². The topological polar surface area (TPSA) is 46.2 Å². The molecule has 1 aromatic carbocycles. The maximum absolute atomic E-state index is 11.8. The molecule has 0 unspecified atom stereocenters. The van der Waals surface area contributed by atoms with Gasteiger partial charge in [0.15, 0.2) is 0 Å². The van der Waals surface area contributed by atoms with Gasteiger partial charge >= 0.3 is 0 Å². The van der Waals surface area contributed by atoms with Crippen molar-refractivity contribution >= 4 is 45.4 Å². The number of amides is 1. The van der Waals surface area contributed by atoms with Gasteiger partial charge in [-0.1, -0.05) is 17.8 Å². The monoisotopic (exact) mass is 347 g/mol. The summed E-state index contributed by atoms with van der Waals surface area (Å²) in [6.45, 7) is 0. The zero-order chi connectivity index (χ0) is 11.5. The molecule has 0 saturated carbocycles. The van der Waals surface area contributed by atoms with Gasteiger partial charge in [-0.15, -0.1) is 0 Å². The molecule has 1 atom stereocenters. The number of halogens is 1. The first-order valence-electron chi connectivity index (χ1n) is 4.90. The van der Waals surface area contributed by atoms with E-state index < -0.39 is 0 Å². The van der Waals surface area contributed by atoms with Gasteiger partial charge in [0.05, 0.1) is 6.04 Å². The highest BCUT2D eigenvalue weighted by Gasteiger charge is 2.26. The summed E-state index contributed by atoms with van der Waals surface area (Å²) in [4.78, 5) is 23.2. The highest BCUT2D eigenvalue weighted by atomic mass is 127. The number of thioether (sulfide) groups is 1. The summed E-state index contributed by atoms with van der Waals surface area (Å²) in [5.74, 6) is 0.634. The molecule has 16 heavy (non-hydrogen) atoms. The van der Waals surface area contributed by atoms with E-state index in [-0.39, 0.29) is 17.1 Å². The predicted molar refractivity (Wildman–Crippen MR) is 72.5 cm³/mol. The fourth-order valence-corrected chi connectivity index (χ4v) is 2.97. The average Bonchev–Trinajstić information content (AvgIpc) is 2.64. The Hall–Kier alpha value is -0.560. The minimum Gasteiger partial charge on any atom is -0.341 e. The van der Waals surface area contributed by atoms with Crippen molar-refractivity contribution in [3.05, 3.63) is 33.4 Å². The summed E-state index contributed by atoms with van der Waals surface area (Å²) in [5.41, 5.74) is 0.608. The van der Waals surface area contributed by atoms with Crippen molar-refractivity contribution in [2.45, 2.75) is 12.5 Å². The van der Waals surface area contributed by atoms with Crippen molar-refractivity contribution in [1.82, 2.24) is 5.32 Å². The molecule has 1 saturated heterocycles. The molecule has 0 aliphatic carbocycles. The van der Waals surface area contributed by atoms with Crippen LogP contribution in [0.5, 0.6) is 0 Å². The Morgan fingerprint density at radius 2 is 2.31 bits per heavy atom. The van der Waals surface area contributed by atoms with Crippen LogP contribution in [0.4, 0.5) is 0 Å². The zero-order valence-corrected chi connectivity index (χ0v) is 11.4. The van der Waals surface area contributed by atoms with E-state index in [1.807, 2.05) is 18.2 Å². The van der Waals surface area contributed by atoms with E-state index in [0.29, 0.717) is 5.56 Å². The summed E-state index contributed by atoms with van der Waals surface area (Å²) < 4.78 is 1.01. The van der Waals surface area contributed by atoms with Crippen molar-refractivity contribution in [1.29, 1.82) is 0 Å². The van der Waals surface area contributed by atoms with Gasteiger partial charge in [0.1, 0.15) is 0 Å². The largest absolute Gasteiger partial charge is 0.341 e. The van der Waals surface area contributed by atoms with E-state index in [4.69, 9.17) is 0 Å². The average molecular weight is 347 g/mol. The number of carbonyl (C=O) groups excluding carboxylic acids is 2. The number of hydrogen-bond acceptors (Lipinski definition) is 3. The lowest BCUT2D eigenvalue weighted by Gasteiger charge is -2.10. The Labute approximate surface area is 112 Å². The Balaban J connectivity index is 2.05. The highest BCUT2D eigenvalue weighted by molar-refractivity contribution is 14.1. The Kier molecular flexibility index (Phi) is 3.86. The smallest absolute Gasteiger partial charge is 0.251 e. The van der Waals surface area contributed by atoms with E-state index >= 15 is 0 Å². The van der Waals surface area contributed by atoms with E-state index in [9.17, 15) is 9.59 Å². The Bertz CT molecular complexity index is 436. The van der Waals surface area contributed by atoms with E-state index in [1.54, 1.807) is 6.07 Å². The summed E-state index contributed by atoms with van der Waals surface area (Å²) in [5, 5.41) is 2.83. The maximum atomic E-state index is 11.8. The van der Waals surface area contributed by atoms with Crippen LogP contribution in [0, 0.1) is 3.57 Å². The zero-order valence-electron chi connectivity index (χ0n) is 8.40. The second-order valence-electron chi connectivity index (χ2n) is 3.49. The minimum atomic E-state index is -0.310. The minimum absolute atomic E-state index is 0.0685. The molecule has 0 radical (unpaired) electrons. The van der Waals surface area contributed by atoms with Crippen LogP contribution < -0.4 is 5.32 Å². The van der Waals surface area contributed by atoms with Gasteiger partial charge in [-0.2, -0.15) is 0 Å². The molecule has 1 N–H and O–H groups in total. The third kappa shape index (κ3) is 2.76. The lowest BCUT2D eigenvalue weighted by molar-refractivity contribution is -0.112. The predicted octanol–water partition coefficient (Wildman–Crippen LogP) is 2.05. The van der Waals surface area contributed by atoms with Gasteiger partial charge in [-0.25, -0.2) is 0 Å². The lowest BCUT2D eigenvalue weighted by atomic mass is 10.2. The van der Waals surface area contributed by atoms with Crippen LogP contribution in [0.15, 0.2) is 24.3 Å². The first kappa shape index (κ1) is 11.9. The van der Waals surface area contributed by atoms with Crippen LogP contribution in [0.3, 0.4) is 0 Å². The van der Waals surface area contributed by atoms with Crippen molar-refractivity contribution in [2.24, 2.45) is 0 Å². The third-order valence-corrected chi connectivity index (χ3v) is 4.01. The molecule has 1 amide bonds. The number of carbonyl (C=O) groups is 2. The SMILES string of the molecule is O=C(N[C@H]1CCSC1=O)c1cccc(I)c1. The fraction of sp³-hybridized carbons (Fsp3) is 0.273. The quantitative estimate of drug-likeness (QED) is 0.833. The first-order chi connectivity index (χ1) is 7.66. The van der Waals surface area contributed by atoms with Crippen LogP contribution in [0.1, 0.15) is 16.8 Å². The molecule has 1 heterocycles. The second kappa shape index (κ2) is 5.18. The van der Waals surface area contributed by atoms with Gasteiger partial charge in [-0.3, -0.25) is 9.59 Å². The van der Waals surface area contributed by atoms with Gasteiger partial charge in [0.25, 0.3) is 5.91 Å². The molecule has 1 aromatic rings. The lowest BCUT2D eigenvalue weighted by Crippen LogP contribution is -2.37. The number of rotatable bonds is 2. The molecule has 1 aliphatic heterocycles. The van der Waals surface area contributed by atoms with E-state index in [0.717, 1.165) is 15.7 Å². The number of nitrogens with one attached hydrogen (secondary N) is 1. The molecule has 2 rings (SSSR count). The summed E-state index contributed by atoms with van der Waals surface area (Å²) in [6.07, 6.45) is 0.735. The standard InChI is InChI=1S/C11H10INO2S/c12-8-3-1-2-7(6-8)10(14)13-9-4-5-16-11(9)15/h1-3,6,9H,4-5H2,(H,13,14)/t9-/m0/s1. The number of benzene rings is 1. The fourth-order valence-electron chi connectivity index (χ4n) is 1.50. The molecule has 0 bridgehead atoms. The molecular weight excluding hydrogens is 337 g/mol.